The fourth-order valence-corrected chi connectivity index (χ4v) is 1.84. The Labute approximate surface area is 146 Å². The normalized spacial score (nSPS) is 12.2. The third kappa shape index (κ3) is 36.5. The number of hydrogen-bond acceptors (Lipinski definition) is 14. The molecule has 0 radical (unpaired) electrons. The van der Waals surface area contributed by atoms with Gasteiger partial charge in [0.05, 0.1) is 0 Å². The maximum absolute atomic E-state index is 9.29. The summed E-state index contributed by atoms with van der Waals surface area (Å²) in [4.78, 5) is 0. The van der Waals surface area contributed by atoms with E-state index in [0.29, 0.717) is 0 Å². The van der Waals surface area contributed by atoms with E-state index in [1.807, 2.05) is 0 Å². The molecule has 14 nitrogen and oxygen atoms in total. The van der Waals surface area contributed by atoms with Gasteiger partial charge in [0.1, 0.15) is 0 Å². The summed E-state index contributed by atoms with van der Waals surface area (Å²) in [5.74, 6) is 0. The average molecular weight is 402 g/mol. The third-order valence-electron chi connectivity index (χ3n) is 0.333. The van der Waals surface area contributed by atoms with Crippen molar-refractivity contribution in [1.82, 2.24) is 0 Å². The second kappa shape index (κ2) is 9.98. The summed E-state index contributed by atoms with van der Waals surface area (Å²) in [6.45, 7) is 0. The SMILES string of the molecule is O=S(=O)([O-])OS(=O)(=O)[O-].O=S(=O)([O-])OS(=O)(=O)[O-].[Al+3].[Na+]. The molecule has 0 rings (SSSR count). The molecular formula is AlNaO14S4. The van der Waals surface area contributed by atoms with E-state index in [2.05, 4.69) is 7.26 Å². The van der Waals surface area contributed by atoms with E-state index in [0.717, 1.165) is 0 Å². The average Bonchev–Trinajstić information content (AvgIpc) is 1.64. The predicted octanol–water partition coefficient (Wildman–Crippen LogP) is -7.53. The quantitative estimate of drug-likeness (QED) is 0.241. The molecule has 0 aromatic rings. The van der Waals surface area contributed by atoms with E-state index < -0.39 is 41.6 Å². The van der Waals surface area contributed by atoms with E-state index in [4.69, 9.17) is 0 Å². The topological polar surface area (TPSA) is 247 Å². The molecule has 0 aliphatic rings. The Kier molecular flexibility index (Phi) is 14.5. The van der Waals surface area contributed by atoms with Crippen LogP contribution in [0.1, 0.15) is 0 Å². The molecule has 20 heavy (non-hydrogen) atoms. The summed E-state index contributed by atoms with van der Waals surface area (Å²) in [7, 11) is -21.7. The Balaban J connectivity index is -0.000000116. The van der Waals surface area contributed by atoms with E-state index in [9.17, 15) is 51.9 Å². The molecule has 0 fully saturated rings. The molecule has 112 valence electrons. The first-order chi connectivity index (χ1) is 7.41. The van der Waals surface area contributed by atoms with Crippen molar-refractivity contribution >= 4 is 59.0 Å². The van der Waals surface area contributed by atoms with Crippen LogP contribution in [0.25, 0.3) is 0 Å². The molecule has 0 atom stereocenters. The van der Waals surface area contributed by atoms with Crippen molar-refractivity contribution in [3.8, 4) is 0 Å². The van der Waals surface area contributed by atoms with E-state index in [-0.39, 0.29) is 46.9 Å². The molecule has 0 amide bonds. The summed E-state index contributed by atoms with van der Waals surface area (Å²) >= 11 is 0. The van der Waals surface area contributed by atoms with Crippen molar-refractivity contribution in [2.75, 3.05) is 0 Å². The van der Waals surface area contributed by atoms with Crippen LogP contribution < -0.4 is 29.6 Å². The van der Waals surface area contributed by atoms with E-state index in [1.54, 1.807) is 0 Å². The molecule has 20 heteroatoms. The molecule has 0 aromatic heterocycles. The van der Waals surface area contributed by atoms with Gasteiger partial charge in [0, 0.05) is 0 Å². The first-order valence-electron chi connectivity index (χ1n) is 2.67. The minimum Gasteiger partial charge on any atom is -0.725 e. The zero-order valence-corrected chi connectivity index (χ0v) is 15.3. The zero-order chi connectivity index (χ0) is 15.4. The smallest absolute Gasteiger partial charge is 0.725 e. The molecule has 0 bridgehead atoms. The number of rotatable bonds is 4. The second-order valence-corrected chi connectivity index (χ2v) is 6.12. The molecule has 0 aliphatic carbocycles. The van der Waals surface area contributed by atoms with Crippen molar-refractivity contribution in [2.24, 2.45) is 0 Å². The van der Waals surface area contributed by atoms with Gasteiger partial charge >= 0.3 is 46.9 Å². The summed E-state index contributed by atoms with van der Waals surface area (Å²) < 4.78 is 116. The first kappa shape index (κ1) is 29.1. The van der Waals surface area contributed by atoms with Crippen LogP contribution in [0.15, 0.2) is 0 Å². The van der Waals surface area contributed by atoms with Crippen LogP contribution >= 0.6 is 0 Å². The van der Waals surface area contributed by atoms with E-state index in [1.165, 1.54) is 0 Å². The van der Waals surface area contributed by atoms with Gasteiger partial charge in [-0.25, -0.2) is 33.7 Å². The zero-order valence-electron chi connectivity index (χ0n) is 8.93. The third-order valence-corrected chi connectivity index (χ3v) is 3.00. The van der Waals surface area contributed by atoms with Crippen LogP contribution in [-0.2, 0) is 48.9 Å². The maximum Gasteiger partial charge on any atom is 3.00 e. The minimum absolute atomic E-state index is 0. The Hall–Kier alpha value is 1.09. The molecule has 0 N–H and O–H groups in total. The van der Waals surface area contributed by atoms with Gasteiger partial charge in [-0.15, -0.1) is 0 Å². The van der Waals surface area contributed by atoms with Crippen LogP contribution in [0.4, 0.5) is 0 Å². The van der Waals surface area contributed by atoms with Crippen LogP contribution in [0, 0.1) is 0 Å². The Morgan fingerprint density at radius 1 is 0.500 bits per heavy atom. The minimum atomic E-state index is -5.43. The van der Waals surface area contributed by atoms with Crippen molar-refractivity contribution < 1.29 is 88.7 Å². The molecule has 0 unspecified atom stereocenters. The maximum atomic E-state index is 9.29. The molecule has 0 aliphatic heterocycles. The van der Waals surface area contributed by atoms with Crippen molar-refractivity contribution in [3.05, 3.63) is 0 Å². The summed E-state index contributed by atoms with van der Waals surface area (Å²) in [6, 6.07) is 0. The molecule has 0 spiro atoms. The largest absolute Gasteiger partial charge is 3.00 e. The van der Waals surface area contributed by atoms with Crippen LogP contribution in [-0.4, -0.2) is 69.2 Å². The summed E-state index contributed by atoms with van der Waals surface area (Å²) in [6.07, 6.45) is 0. The predicted molar refractivity (Wildman–Crippen MR) is 46.7 cm³/mol. The van der Waals surface area contributed by atoms with Gasteiger partial charge in [-0.2, -0.15) is 7.26 Å². The summed E-state index contributed by atoms with van der Waals surface area (Å²) in [5, 5.41) is 0. The van der Waals surface area contributed by atoms with Crippen LogP contribution in [0.5, 0.6) is 0 Å². The summed E-state index contributed by atoms with van der Waals surface area (Å²) in [5.41, 5.74) is 0. The molecule has 0 saturated carbocycles. The Bertz CT molecular complexity index is 537. The molecule has 0 saturated heterocycles. The van der Waals surface area contributed by atoms with Crippen molar-refractivity contribution in [2.45, 2.75) is 0 Å². The molecule has 0 heterocycles. The van der Waals surface area contributed by atoms with Gasteiger partial charge in [-0.1, -0.05) is 0 Å². The van der Waals surface area contributed by atoms with Gasteiger partial charge in [-0.05, 0) is 0 Å². The van der Waals surface area contributed by atoms with Gasteiger partial charge in [-0.3, -0.25) is 0 Å². The van der Waals surface area contributed by atoms with E-state index >= 15 is 0 Å². The van der Waals surface area contributed by atoms with Crippen LogP contribution in [0.3, 0.4) is 0 Å². The number of hydrogen-bond donors (Lipinski definition) is 0. The fraction of sp³-hybridized carbons (Fsp3) is 0. The first-order valence-corrected chi connectivity index (χ1v) is 8.00. The molecular weight excluding hydrogens is 402 g/mol. The van der Waals surface area contributed by atoms with Crippen molar-refractivity contribution in [3.63, 3.8) is 0 Å². The Morgan fingerprint density at radius 2 is 0.600 bits per heavy atom. The Morgan fingerprint density at radius 3 is 0.600 bits per heavy atom. The molecule has 0 aromatic carbocycles. The van der Waals surface area contributed by atoms with Gasteiger partial charge in [0.25, 0.3) is 0 Å². The monoisotopic (exact) mass is 402 g/mol. The van der Waals surface area contributed by atoms with Gasteiger partial charge in [0.2, 0.25) is 41.6 Å². The van der Waals surface area contributed by atoms with Crippen molar-refractivity contribution in [1.29, 1.82) is 0 Å². The standard InChI is InChI=1S/Al.Na.2H2O7S2/c;;2*1-8(2,3)7-9(4,5)6/h;;2*(H,1,2,3)(H,4,5,6)/q+3;+1;;/p-4. The fourth-order valence-electron chi connectivity index (χ4n) is 0.204. The van der Waals surface area contributed by atoms with Gasteiger partial charge < -0.3 is 18.2 Å². The van der Waals surface area contributed by atoms with Gasteiger partial charge in [0.15, 0.2) is 0 Å². The van der Waals surface area contributed by atoms with Crippen LogP contribution in [0.2, 0.25) is 0 Å². The second-order valence-electron chi connectivity index (χ2n) is 1.77.